The van der Waals surface area contributed by atoms with Gasteiger partial charge in [0.2, 0.25) is 0 Å². The molecule has 2 aromatic rings. The van der Waals surface area contributed by atoms with E-state index in [9.17, 15) is 18.4 Å². The van der Waals surface area contributed by atoms with Crippen molar-refractivity contribution in [1.29, 1.82) is 0 Å². The largest absolute Gasteiger partial charge is 0.740 e. The second-order valence-electron chi connectivity index (χ2n) is 8.12. The van der Waals surface area contributed by atoms with E-state index < -0.39 is 26.8 Å². The number of carbonyl (C=O) groups excluding carboxylic acids is 1. The number of halogens is 1. The lowest BCUT2D eigenvalue weighted by atomic mass is 10.0. The third-order valence-electron chi connectivity index (χ3n) is 4.94. The Balaban J connectivity index is 1.85. The summed E-state index contributed by atoms with van der Waals surface area (Å²) in [6, 6.07) is 3.02. The second-order valence-corrected chi connectivity index (χ2v) is 10.2. The van der Waals surface area contributed by atoms with E-state index in [1.165, 1.54) is 23.1 Å². The molecular weight excluding hydrogens is 458 g/mol. The highest BCUT2D eigenvalue weighted by Crippen LogP contribution is 2.28. The van der Waals surface area contributed by atoms with Gasteiger partial charge in [-0.15, -0.1) is 0 Å². The van der Waals surface area contributed by atoms with Gasteiger partial charge in [-0.05, 0) is 48.9 Å². The number of nitrogens with zero attached hydrogens (tertiary/aromatic N) is 4. The van der Waals surface area contributed by atoms with Crippen molar-refractivity contribution < 1.29 is 17.9 Å². The van der Waals surface area contributed by atoms with Gasteiger partial charge < -0.3 is 15.3 Å². The fourth-order valence-corrected chi connectivity index (χ4v) is 5.26. The summed E-state index contributed by atoms with van der Waals surface area (Å²) in [5.74, 6) is 0.348. The van der Waals surface area contributed by atoms with E-state index >= 15 is 0 Å². The molecule has 1 N–H and O–H groups in total. The number of hydroxylamine groups is 1. The Bertz CT molecular complexity index is 1050. The van der Waals surface area contributed by atoms with Crippen molar-refractivity contribution in [3.8, 4) is 0 Å². The number of aromatic nitrogens is 2. The van der Waals surface area contributed by atoms with Crippen molar-refractivity contribution >= 4 is 39.2 Å². The fourth-order valence-electron chi connectivity index (χ4n) is 3.64. The third-order valence-corrected chi connectivity index (χ3v) is 6.75. The molecule has 10 nitrogen and oxygen atoms in total. The molecule has 1 saturated heterocycles. The van der Waals surface area contributed by atoms with Crippen molar-refractivity contribution in [1.82, 2.24) is 14.2 Å². The van der Waals surface area contributed by atoms with Gasteiger partial charge in [0, 0.05) is 37.2 Å². The van der Waals surface area contributed by atoms with Gasteiger partial charge in [0.25, 0.3) is 0 Å². The quantitative estimate of drug-likeness (QED) is 0.600. The number of rotatable bonds is 7. The highest BCUT2D eigenvalue weighted by molar-refractivity contribution is 7.91. The molecule has 0 radical (unpaired) electrons. The highest BCUT2D eigenvalue weighted by atomic mass is 35.5. The summed E-state index contributed by atoms with van der Waals surface area (Å²) in [5, 5.41) is 19.5. The Morgan fingerprint density at radius 1 is 1.34 bits per heavy atom. The molecule has 1 aromatic heterocycles. The summed E-state index contributed by atoms with van der Waals surface area (Å²) in [4.78, 5) is 12.6. The van der Waals surface area contributed by atoms with E-state index in [4.69, 9.17) is 16.3 Å². The first-order valence-corrected chi connectivity index (χ1v) is 12.0. The number of benzene rings is 1. The predicted octanol–water partition coefficient (Wildman–Crippen LogP) is 3.53. The molecule has 2 amide bonds. The van der Waals surface area contributed by atoms with Crippen LogP contribution in [0.3, 0.4) is 0 Å². The van der Waals surface area contributed by atoms with Gasteiger partial charge in [0.1, 0.15) is 0 Å². The first kappa shape index (κ1) is 24.3. The number of urea groups is 1. The molecule has 0 spiro atoms. The maximum atomic E-state index is 13.2. The number of amides is 2. The van der Waals surface area contributed by atoms with Gasteiger partial charge in [0.15, 0.2) is 0 Å². The minimum absolute atomic E-state index is 0.204. The maximum Gasteiger partial charge on any atom is 0.326 e. The molecule has 2 heterocycles. The zero-order valence-corrected chi connectivity index (χ0v) is 19.8. The van der Waals surface area contributed by atoms with E-state index in [0.717, 1.165) is 9.87 Å². The van der Waals surface area contributed by atoms with Crippen molar-refractivity contribution in [2.75, 3.05) is 22.8 Å². The van der Waals surface area contributed by atoms with Crippen LogP contribution in [-0.4, -0.2) is 48.0 Å². The standard InChI is InChI=1S/C20H27ClN5O5S/c1-14(2)8-15-9-16(21)11-17(10-15)23-20(27)26(28)32(29,30)25(18-4-6-31-7-5-18)19-12-22-24(3)13-19/h9-14,18H,4-8H2,1-3H3,(H,23,27)/q-1. The van der Waals surface area contributed by atoms with E-state index in [1.54, 1.807) is 19.2 Å². The molecule has 0 saturated carbocycles. The smallest absolute Gasteiger partial charge is 0.326 e. The topological polar surface area (TPSA) is 120 Å². The highest BCUT2D eigenvalue weighted by Gasteiger charge is 2.35. The lowest BCUT2D eigenvalue weighted by molar-refractivity contribution is 0.0874. The summed E-state index contributed by atoms with van der Waals surface area (Å²) in [5.41, 5.74) is 1.31. The van der Waals surface area contributed by atoms with Gasteiger partial charge in [-0.1, -0.05) is 25.4 Å². The van der Waals surface area contributed by atoms with Crippen LogP contribution in [0.4, 0.5) is 16.2 Å². The predicted molar refractivity (Wildman–Crippen MR) is 123 cm³/mol. The molecule has 3 rings (SSSR count). The SMILES string of the molecule is CC(C)Cc1cc(Cl)cc(NC(=O)N([O-])S(=O)(=O)N(c2cnn(C)c2)C2CCOCC2)c1. The van der Waals surface area contributed by atoms with Crippen LogP contribution in [0, 0.1) is 11.1 Å². The molecule has 1 fully saturated rings. The Morgan fingerprint density at radius 3 is 2.62 bits per heavy atom. The molecule has 32 heavy (non-hydrogen) atoms. The van der Waals surface area contributed by atoms with Crippen LogP contribution in [0.1, 0.15) is 32.3 Å². The van der Waals surface area contributed by atoms with Gasteiger partial charge in [-0.2, -0.15) is 13.5 Å². The third kappa shape index (κ3) is 5.71. The molecule has 0 aliphatic carbocycles. The normalized spacial score (nSPS) is 15.1. The van der Waals surface area contributed by atoms with Gasteiger partial charge in [0.05, 0.1) is 17.9 Å². The van der Waals surface area contributed by atoms with Crippen LogP contribution < -0.4 is 9.62 Å². The van der Waals surface area contributed by atoms with Crippen LogP contribution >= 0.6 is 11.6 Å². The number of anilines is 2. The van der Waals surface area contributed by atoms with Gasteiger partial charge in [-0.25, -0.2) is 9.10 Å². The Morgan fingerprint density at radius 2 is 2.03 bits per heavy atom. The van der Waals surface area contributed by atoms with Crippen molar-refractivity contribution in [2.24, 2.45) is 13.0 Å². The minimum Gasteiger partial charge on any atom is -0.740 e. The summed E-state index contributed by atoms with van der Waals surface area (Å²) in [7, 11) is -3.11. The lowest BCUT2D eigenvalue weighted by Crippen LogP contribution is -2.51. The monoisotopic (exact) mass is 484 g/mol. The molecule has 0 bridgehead atoms. The van der Waals surface area contributed by atoms with Crippen LogP contribution in [0.5, 0.6) is 0 Å². The van der Waals surface area contributed by atoms with Gasteiger partial charge in [-0.3, -0.25) is 9.15 Å². The first-order valence-electron chi connectivity index (χ1n) is 10.3. The molecule has 1 aliphatic rings. The zero-order chi connectivity index (χ0) is 23.5. The van der Waals surface area contributed by atoms with Gasteiger partial charge >= 0.3 is 16.2 Å². The maximum absolute atomic E-state index is 13.2. The molecule has 1 aliphatic heterocycles. The molecule has 0 unspecified atom stereocenters. The number of hydrogen-bond acceptors (Lipinski definition) is 6. The van der Waals surface area contributed by atoms with Crippen molar-refractivity contribution in [3.63, 3.8) is 0 Å². The average Bonchev–Trinajstić information content (AvgIpc) is 3.12. The number of carbonyl (C=O) groups is 1. The fraction of sp³-hybridized carbons (Fsp3) is 0.500. The van der Waals surface area contributed by atoms with Crippen LogP contribution in [0.25, 0.3) is 0 Å². The Labute approximate surface area is 192 Å². The van der Waals surface area contributed by atoms with Crippen molar-refractivity contribution in [2.45, 2.75) is 39.2 Å². The van der Waals surface area contributed by atoms with E-state index in [0.29, 0.717) is 43.4 Å². The molecule has 1 aromatic carbocycles. The van der Waals surface area contributed by atoms with Crippen molar-refractivity contribution in [3.05, 3.63) is 46.4 Å². The van der Waals surface area contributed by atoms with E-state index in [1.807, 2.05) is 13.8 Å². The molecule has 12 heteroatoms. The van der Waals surface area contributed by atoms with E-state index in [2.05, 4.69) is 10.4 Å². The Hall–Kier alpha value is -2.34. The number of aryl methyl sites for hydroxylation is 1. The molecule has 176 valence electrons. The second kappa shape index (κ2) is 10.1. The number of ether oxygens (including phenoxy) is 1. The summed E-state index contributed by atoms with van der Waals surface area (Å²) in [6.07, 6.45) is 4.30. The van der Waals surface area contributed by atoms with E-state index in [-0.39, 0.29) is 11.4 Å². The number of hydrogen-bond donors (Lipinski definition) is 1. The molecule has 0 atom stereocenters. The first-order chi connectivity index (χ1) is 15.1. The molecular formula is C20H27ClN5O5S-. The summed E-state index contributed by atoms with van der Waals surface area (Å²) in [6.45, 7) is 4.77. The van der Waals surface area contributed by atoms with Crippen LogP contribution in [0.2, 0.25) is 5.02 Å². The van der Waals surface area contributed by atoms with Crippen LogP contribution in [-0.2, 0) is 28.4 Å². The Kier molecular flexibility index (Phi) is 7.65. The lowest BCUT2D eigenvalue weighted by Gasteiger charge is -2.39. The zero-order valence-electron chi connectivity index (χ0n) is 18.2. The van der Waals surface area contributed by atoms with Crippen LogP contribution in [0.15, 0.2) is 30.6 Å². The number of nitrogens with one attached hydrogen (secondary N) is 1. The minimum atomic E-state index is -4.74. The summed E-state index contributed by atoms with van der Waals surface area (Å²) >= 11 is 6.13. The average molecular weight is 485 g/mol. The summed E-state index contributed by atoms with van der Waals surface area (Å²) < 4.78 is 33.6.